The Morgan fingerprint density at radius 2 is 1.97 bits per heavy atom. The average molecular weight is 413 g/mol. The number of ether oxygens (including phenoxy) is 2. The van der Waals surface area contributed by atoms with Gasteiger partial charge in [-0.2, -0.15) is 0 Å². The molecule has 1 heterocycles. The summed E-state index contributed by atoms with van der Waals surface area (Å²) in [6.07, 6.45) is 1.37. The minimum absolute atomic E-state index is 0.0835. The highest BCUT2D eigenvalue weighted by molar-refractivity contribution is 5.81. The lowest BCUT2D eigenvalue weighted by Gasteiger charge is -2.31. The minimum atomic E-state index is -0.486. The molecule has 9 nitrogen and oxygen atoms in total. The van der Waals surface area contributed by atoms with Crippen molar-refractivity contribution in [1.29, 1.82) is 0 Å². The number of nitro benzene ring substituents is 1. The first kappa shape index (κ1) is 21.1. The fraction of sp³-hybridized carbons (Fsp3) is 0.333. The number of benzene rings is 2. The van der Waals surface area contributed by atoms with E-state index in [4.69, 9.17) is 15.2 Å². The van der Waals surface area contributed by atoms with Crippen molar-refractivity contribution in [1.82, 2.24) is 4.90 Å². The van der Waals surface area contributed by atoms with Gasteiger partial charge in [-0.15, -0.1) is 0 Å². The molecule has 1 aliphatic rings. The number of hydrogen-bond donors (Lipinski definition) is 1. The molecule has 0 bridgehead atoms. The molecule has 1 fully saturated rings. The molecule has 0 aliphatic carbocycles. The third-order valence-corrected chi connectivity index (χ3v) is 5.10. The smallest absolute Gasteiger partial charge is 0.270 e. The number of likely N-dealkylation sites (tertiary alicyclic amines) is 1. The summed E-state index contributed by atoms with van der Waals surface area (Å²) in [5, 5.41) is 11.2. The summed E-state index contributed by atoms with van der Waals surface area (Å²) in [4.78, 5) is 36.3. The SMILES string of the molecule is COc1ccc(-c2cc([N+](=O)[O-])ccc2OCC(=O)N2CCCC(C(N)=O)C2)cc1. The summed E-state index contributed by atoms with van der Waals surface area (Å²) >= 11 is 0. The Labute approximate surface area is 173 Å². The Hall–Kier alpha value is -3.62. The third kappa shape index (κ3) is 4.86. The molecule has 1 aliphatic heterocycles. The normalized spacial score (nSPS) is 16.0. The van der Waals surface area contributed by atoms with Gasteiger partial charge in [0.1, 0.15) is 11.5 Å². The van der Waals surface area contributed by atoms with Crippen LogP contribution < -0.4 is 15.2 Å². The van der Waals surface area contributed by atoms with Crippen molar-refractivity contribution in [3.8, 4) is 22.6 Å². The van der Waals surface area contributed by atoms with Crippen LogP contribution in [0, 0.1) is 16.0 Å². The zero-order chi connectivity index (χ0) is 21.7. The maximum absolute atomic E-state index is 12.6. The van der Waals surface area contributed by atoms with Gasteiger partial charge in [0.2, 0.25) is 5.91 Å². The molecule has 1 atom stereocenters. The number of piperidine rings is 1. The maximum atomic E-state index is 12.6. The van der Waals surface area contributed by atoms with Crippen LogP contribution in [0.3, 0.4) is 0 Å². The van der Waals surface area contributed by atoms with Crippen LogP contribution in [0.25, 0.3) is 11.1 Å². The molecule has 1 saturated heterocycles. The number of non-ortho nitro benzene ring substituents is 1. The molecule has 1 unspecified atom stereocenters. The first-order chi connectivity index (χ1) is 14.4. The lowest BCUT2D eigenvalue weighted by molar-refractivity contribution is -0.384. The third-order valence-electron chi connectivity index (χ3n) is 5.10. The Balaban J connectivity index is 1.78. The van der Waals surface area contributed by atoms with Crippen molar-refractivity contribution >= 4 is 17.5 Å². The number of nitrogens with zero attached hydrogens (tertiary/aromatic N) is 2. The Morgan fingerprint density at radius 3 is 2.60 bits per heavy atom. The molecule has 2 aromatic carbocycles. The van der Waals surface area contributed by atoms with Gasteiger partial charge in [-0.25, -0.2) is 0 Å². The molecule has 9 heteroatoms. The molecule has 3 rings (SSSR count). The lowest BCUT2D eigenvalue weighted by atomic mass is 9.97. The predicted molar refractivity (Wildman–Crippen MR) is 109 cm³/mol. The summed E-state index contributed by atoms with van der Waals surface area (Å²) in [6.45, 7) is 0.577. The number of primary amides is 1. The van der Waals surface area contributed by atoms with Crippen LogP contribution in [-0.4, -0.2) is 48.4 Å². The molecule has 2 aromatic rings. The van der Waals surface area contributed by atoms with Gasteiger partial charge < -0.3 is 20.1 Å². The van der Waals surface area contributed by atoms with E-state index in [0.29, 0.717) is 42.0 Å². The van der Waals surface area contributed by atoms with E-state index in [1.807, 2.05) is 0 Å². The second kappa shape index (κ2) is 9.25. The van der Waals surface area contributed by atoms with E-state index in [0.717, 1.165) is 0 Å². The van der Waals surface area contributed by atoms with E-state index >= 15 is 0 Å². The largest absolute Gasteiger partial charge is 0.497 e. The average Bonchev–Trinajstić information content (AvgIpc) is 2.77. The van der Waals surface area contributed by atoms with Crippen molar-refractivity contribution < 1.29 is 24.0 Å². The lowest BCUT2D eigenvalue weighted by Crippen LogP contribution is -2.45. The number of carbonyl (C=O) groups excluding carboxylic acids is 2. The highest BCUT2D eigenvalue weighted by Crippen LogP contribution is 2.34. The molecular weight excluding hydrogens is 390 g/mol. The van der Waals surface area contributed by atoms with E-state index in [1.54, 1.807) is 36.3 Å². The monoisotopic (exact) mass is 413 g/mol. The van der Waals surface area contributed by atoms with Gasteiger partial charge in [0.25, 0.3) is 11.6 Å². The van der Waals surface area contributed by atoms with Crippen LogP contribution in [0.4, 0.5) is 5.69 Å². The second-order valence-electron chi connectivity index (χ2n) is 7.04. The zero-order valence-corrected chi connectivity index (χ0v) is 16.6. The summed E-state index contributed by atoms with van der Waals surface area (Å²) < 4.78 is 10.9. The van der Waals surface area contributed by atoms with Crippen LogP contribution >= 0.6 is 0 Å². The predicted octanol–water partition coefficient (Wildman–Crippen LogP) is 2.37. The van der Waals surface area contributed by atoms with Gasteiger partial charge >= 0.3 is 0 Å². The van der Waals surface area contributed by atoms with E-state index in [9.17, 15) is 19.7 Å². The molecular formula is C21H23N3O6. The molecule has 158 valence electrons. The maximum Gasteiger partial charge on any atom is 0.270 e. The first-order valence-corrected chi connectivity index (χ1v) is 9.52. The molecule has 0 spiro atoms. The van der Waals surface area contributed by atoms with Gasteiger partial charge in [-0.3, -0.25) is 19.7 Å². The standard InChI is InChI=1S/C21H23N3O6/c1-29-17-7-4-14(5-8-17)18-11-16(24(27)28)6-9-19(18)30-13-20(25)23-10-2-3-15(12-23)21(22)26/h4-9,11,15H,2-3,10,12-13H2,1H3,(H2,22,26). The van der Waals surface area contributed by atoms with Crippen LogP contribution in [0.5, 0.6) is 11.5 Å². The number of methoxy groups -OCH3 is 1. The fourth-order valence-electron chi connectivity index (χ4n) is 3.42. The fourth-order valence-corrected chi connectivity index (χ4v) is 3.42. The Morgan fingerprint density at radius 1 is 1.23 bits per heavy atom. The van der Waals surface area contributed by atoms with Crippen LogP contribution in [0.15, 0.2) is 42.5 Å². The first-order valence-electron chi connectivity index (χ1n) is 9.52. The molecule has 0 radical (unpaired) electrons. The van der Waals surface area contributed by atoms with Crippen molar-refractivity contribution in [2.24, 2.45) is 11.7 Å². The second-order valence-corrected chi connectivity index (χ2v) is 7.04. The topological polar surface area (TPSA) is 125 Å². The molecule has 2 N–H and O–H groups in total. The number of rotatable bonds is 7. The number of nitrogens with two attached hydrogens (primary N) is 1. The number of amides is 2. The quantitative estimate of drug-likeness (QED) is 0.549. The van der Waals surface area contributed by atoms with Crippen molar-refractivity contribution in [2.45, 2.75) is 12.8 Å². The van der Waals surface area contributed by atoms with Crippen molar-refractivity contribution in [3.63, 3.8) is 0 Å². The molecule has 2 amide bonds. The number of nitro groups is 1. The van der Waals surface area contributed by atoms with E-state index in [1.165, 1.54) is 18.2 Å². The Bertz CT molecular complexity index is 944. The number of hydrogen-bond acceptors (Lipinski definition) is 6. The van der Waals surface area contributed by atoms with E-state index in [2.05, 4.69) is 0 Å². The van der Waals surface area contributed by atoms with E-state index < -0.39 is 10.8 Å². The summed E-state index contributed by atoms with van der Waals surface area (Å²) in [5.74, 6) is -0.0268. The highest BCUT2D eigenvalue weighted by Gasteiger charge is 2.27. The molecule has 0 aromatic heterocycles. The highest BCUT2D eigenvalue weighted by atomic mass is 16.6. The molecule has 30 heavy (non-hydrogen) atoms. The summed E-state index contributed by atoms with van der Waals surface area (Å²) in [5.41, 5.74) is 6.46. The summed E-state index contributed by atoms with van der Waals surface area (Å²) in [6, 6.07) is 11.2. The number of carbonyl (C=O) groups is 2. The van der Waals surface area contributed by atoms with Gasteiger partial charge in [0.15, 0.2) is 6.61 Å². The van der Waals surface area contributed by atoms with Gasteiger partial charge in [-0.1, -0.05) is 12.1 Å². The Kier molecular flexibility index (Phi) is 6.51. The van der Waals surface area contributed by atoms with Crippen LogP contribution in [0.2, 0.25) is 0 Å². The van der Waals surface area contributed by atoms with Gasteiger partial charge in [0.05, 0.1) is 18.0 Å². The van der Waals surface area contributed by atoms with Crippen molar-refractivity contribution in [3.05, 3.63) is 52.6 Å². The van der Waals surface area contributed by atoms with Crippen LogP contribution in [0.1, 0.15) is 12.8 Å². The van der Waals surface area contributed by atoms with Crippen molar-refractivity contribution in [2.75, 3.05) is 26.8 Å². The van der Waals surface area contributed by atoms with E-state index in [-0.39, 0.29) is 30.7 Å². The van der Waals surface area contributed by atoms with Crippen LogP contribution in [-0.2, 0) is 9.59 Å². The minimum Gasteiger partial charge on any atom is -0.497 e. The molecule has 0 saturated carbocycles. The van der Waals surface area contributed by atoms with Gasteiger partial charge in [-0.05, 0) is 36.6 Å². The summed E-state index contributed by atoms with van der Waals surface area (Å²) in [7, 11) is 1.55. The van der Waals surface area contributed by atoms with Gasteiger partial charge in [0, 0.05) is 30.8 Å². The zero-order valence-electron chi connectivity index (χ0n) is 16.6.